The number of hydrogen-bond acceptors (Lipinski definition) is 5. The molecule has 1 aromatic rings. The van der Waals surface area contributed by atoms with Gasteiger partial charge in [0.2, 0.25) is 0 Å². The Hall–Kier alpha value is -2.48. The Morgan fingerprint density at radius 2 is 2.08 bits per heavy atom. The number of hydrogen-bond donors (Lipinski definition) is 1. The molecule has 1 atom stereocenters. The molecule has 1 saturated heterocycles. The number of carbonyl (C=O) groups excluding carboxylic acids is 1. The van der Waals surface area contributed by atoms with Gasteiger partial charge >= 0.3 is 5.97 Å². The normalized spacial score (nSPS) is 18.0. The molecule has 1 N–H and O–H groups in total. The van der Waals surface area contributed by atoms with Crippen LogP contribution in [0.1, 0.15) is 43.1 Å². The molecule has 0 bridgehead atoms. The summed E-state index contributed by atoms with van der Waals surface area (Å²) in [5.74, 6) is -1.44. The van der Waals surface area contributed by atoms with Crippen LogP contribution in [0, 0.1) is 10.1 Å². The lowest BCUT2D eigenvalue weighted by atomic mass is 9.85. The van der Waals surface area contributed by atoms with Crippen molar-refractivity contribution in [2.45, 2.75) is 38.6 Å². The first-order valence-electron chi connectivity index (χ1n) is 8.00. The van der Waals surface area contributed by atoms with E-state index in [0.29, 0.717) is 12.2 Å². The smallest absolute Gasteiger partial charge is 0.305 e. The molecule has 0 saturated carbocycles. The fourth-order valence-corrected chi connectivity index (χ4v) is 2.91. The lowest BCUT2D eigenvalue weighted by Crippen LogP contribution is -2.49. The summed E-state index contributed by atoms with van der Waals surface area (Å²) in [6.07, 6.45) is -0.228. The molecule has 1 aromatic carbocycles. The quantitative estimate of drug-likeness (QED) is 0.658. The first-order chi connectivity index (χ1) is 11.6. The van der Waals surface area contributed by atoms with Crippen LogP contribution in [0.4, 0.5) is 5.69 Å². The Kier molecular flexibility index (Phi) is 5.42. The Labute approximate surface area is 145 Å². The Morgan fingerprint density at radius 1 is 1.40 bits per heavy atom. The van der Waals surface area contributed by atoms with Gasteiger partial charge in [0.15, 0.2) is 0 Å². The van der Waals surface area contributed by atoms with E-state index in [1.54, 1.807) is 12.1 Å². The van der Waals surface area contributed by atoms with Crippen LogP contribution in [0.2, 0.25) is 0 Å². The SMILES string of the molecule is CC(C)(C)c1ccc(C(=O)N2CCOCC2CC(=O)O)cc1[N+](=O)[O-]. The first kappa shape index (κ1) is 18.9. The molecule has 2 rings (SSSR count). The fourth-order valence-electron chi connectivity index (χ4n) is 2.91. The van der Waals surface area contributed by atoms with Gasteiger partial charge in [0.1, 0.15) is 0 Å². The van der Waals surface area contributed by atoms with Crippen molar-refractivity contribution in [2.24, 2.45) is 0 Å². The van der Waals surface area contributed by atoms with Crippen molar-refractivity contribution in [1.29, 1.82) is 0 Å². The van der Waals surface area contributed by atoms with Gasteiger partial charge in [-0.1, -0.05) is 26.8 Å². The number of carboxylic acids is 1. The van der Waals surface area contributed by atoms with E-state index in [4.69, 9.17) is 9.84 Å². The molecule has 1 aliphatic heterocycles. The Bertz CT molecular complexity index is 695. The molecule has 136 valence electrons. The Balaban J connectivity index is 2.36. The second-order valence-electron chi connectivity index (χ2n) is 7.06. The number of nitrogens with zero attached hydrogens (tertiary/aromatic N) is 2. The number of carbonyl (C=O) groups is 2. The number of morpholine rings is 1. The summed E-state index contributed by atoms with van der Waals surface area (Å²) in [6, 6.07) is 3.84. The van der Waals surface area contributed by atoms with Gasteiger partial charge in [-0.15, -0.1) is 0 Å². The second-order valence-corrected chi connectivity index (χ2v) is 7.06. The van der Waals surface area contributed by atoms with Gasteiger partial charge in [0.05, 0.1) is 30.6 Å². The minimum absolute atomic E-state index is 0.110. The lowest BCUT2D eigenvalue weighted by Gasteiger charge is -2.35. The molecule has 0 radical (unpaired) electrons. The van der Waals surface area contributed by atoms with Crippen LogP contribution < -0.4 is 0 Å². The van der Waals surface area contributed by atoms with Crippen molar-refractivity contribution >= 4 is 17.6 Å². The molecule has 1 unspecified atom stereocenters. The molecule has 0 aromatic heterocycles. The van der Waals surface area contributed by atoms with Crippen molar-refractivity contribution in [3.8, 4) is 0 Å². The molecule has 0 spiro atoms. The highest BCUT2D eigenvalue weighted by atomic mass is 16.6. The molecule has 0 aliphatic carbocycles. The third kappa shape index (κ3) is 4.33. The minimum Gasteiger partial charge on any atom is -0.481 e. The van der Waals surface area contributed by atoms with Gasteiger partial charge in [-0.3, -0.25) is 19.7 Å². The molecule has 8 nitrogen and oxygen atoms in total. The van der Waals surface area contributed by atoms with Crippen LogP contribution >= 0.6 is 0 Å². The zero-order valence-electron chi connectivity index (χ0n) is 14.5. The highest BCUT2D eigenvalue weighted by molar-refractivity contribution is 5.95. The number of ether oxygens (including phenoxy) is 1. The minimum atomic E-state index is -1.03. The highest BCUT2D eigenvalue weighted by Gasteiger charge is 2.32. The van der Waals surface area contributed by atoms with Crippen LogP contribution in [-0.4, -0.2) is 52.6 Å². The molecule has 1 aliphatic rings. The van der Waals surface area contributed by atoms with Crippen molar-refractivity contribution in [2.75, 3.05) is 19.8 Å². The summed E-state index contributed by atoms with van der Waals surface area (Å²) in [7, 11) is 0. The largest absolute Gasteiger partial charge is 0.481 e. The molecular formula is C17H22N2O6. The van der Waals surface area contributed by atoms with Gasteiger partial charge in [-0.05, 0) is 11.5 Å². The summed E-state index contributed by atoms with van der Waals surface area (Å²) < 4.78 is 5.26. The monoisotopic (exact) mass is 350 g/mol. The van der Waals surface area contributed by atoms with E-state index < -0.39 is 28.3 Å². The summed E-state index contributed by atoms with van der Waals surface area (Å²) in [6.45, 7) is 6.29. The molecular weight excluding hydrogens is 328 g/mol. The summed E-state index contributed by atoms with van der Waals surface area (Å²) >= 11 is 0. The van der Waals surface area contributed by atoms with Crippen molar-refractivity contribution in [1.82, 2.24) is 4.90 Å². The van der Waals surface area contributed by atoms with E-state index >= 15 is 0 Å². The number of nitro benzene ring substituents is 1. The average Bonchev–Trinajstić information content (AvgIpc) is 2.52. The van der Waals surface area contributed by atoms with Gasteiger partial charge in [-0.2, -0.15) is 0 Å². The predicted octanol–water partition coefficient (Wildman–Crippen LogP) is 2.21. The van der Waals surface area contributed by atoms with Crippen molar-refractivity contribution in [3.63, 3.8) is 0 Å². The van der Waals surface area contributed by atoms with Gasteiger partial charge in [0, 0.05) is 23.7 Å². The third-order valence-electron chi connectivity index (χ3n) is 4.15. The number of nitro groups is 1. The van der Waals surface area contributed by atoms with Crippen LogP contribution in [0.3, 0.4) is 0 Å². The third-order valence-corrected chi connectivity index (χ3v) is 4.15. The van der Waals surface area contributed by atoms with Gasteiger partial charge in [-0.25, -0.2) is 0 Å². The number of carboxylic acid groups (broad SMARTS) is 1. The standard InChI is InChI=1S/C17H22N2O6/c1-17(2,3)13-5-4-11(8-14(13)19(23)24)16(22)18-6-7-25-10-12(18)9-15(20)21/h4-5,8,12H,6-7,9-10H2,1-3H3,(H,20,21). The molecule has 25 heavy (non-hydrogen) atoms. The average molecular weight is 350 g/mol. The second kappa shape index (κ2) is 7.18. The Morgan fingerprint density at radius 3 is 2.64 bits per heavy atom. The number of aliphatic carboxylic acids is 1. The van der Waals surface area contributed by atoms with Crippen molar-refractivity contribution < 1.29 is 24.4 Å². The maximum absolute atomic E-state index is 12.8. The van der Waals surface area contributed by atoms with E-state index in [2.05, 4.69) is 0 Å². The number of amides is 1. The zero-order valence-corrected chi connectivity index (χ0v) is 14.5. The van der Waals surface area contributed by atoms with E-state index in [9.17, 15) is 19.7 Å². The fraction of sp³-hybridized carbons (Fsp3) is 0.529. The number of rotatable bonds is 4. The van der Waals surface area contributed by atoms with Crippen LogP contribution in [0.15, 0.2) is 18.2 Å². The van der Waals surface area contributed by atoms with Crippen LogP contribution in [0.25, 0.3) is 0 Å². The first-order valence-corrected chi connectivity index (χ1v) is 8.00. The lowest BCUT2D eigenvalue weighted by molar-refractivity contribution is -0.386. The maximum Gasteiger partial charge on any atom is 0.305 e. The summed E-state index contributed by atoms with van der Waals surface area (Å²) in [4.78, 5) is 36.1. The highest BCUT2D eigenvalue weighted by Crippen LogP contribution is 2.32. The summed E-state index contributed by atoms with van der Waals surface area (Å²) in [5, 5.41) is 20.4. The maximum atomic E-state index is 12.8. The van der Waals surface area contributed by atoms with Gasteiger partial charge in [0.25, 0.3) is 11.6 Å². The van der Waals surface area contributed by atoms with Crippen LogP contribution in [0.5, 0.6) is 0 Å². The molecule has 1 fully saturated rings. The molecule has 8 heteroatoms. The van der Waals surface area contributed by atoms with E-state index in [1.165, 1.54) is 11.0 Å². The molecule has 1 amide bonds. The topological polar surface area (TPSA) is 110 Å². The van der Waals surface area contributed by atoms with Crippen molar-refractivity contribution in [3.05, 3.63) is 39.4 Å². The van der Waals surface area contributed by atoms with E-state index in [-0.39, 0.29) is 30.8 Å². The van der Waals surface area contributed by atoms with E-state index in [0.717, 1.165) is 0 Å². The number of benzene rings is 1. The van der Waals surface area contributed by atoms with Crippen LogP contribution in [-0.2, 0) is 14.9 Å². The predicted molar refractivity (Wildman–Crippen MR) is 89.7 cm³/mol. The summed E-state index contributed by atoms with van der Waals surface area (Å²) in [5.41, 5.74) is 0.172. The molecule has 1 heterocycles. The van der Waals surface area contributed by atoms with E-state index in [1.807, 2.05) is 20.8 Å². The van der Waals surface area contributed by atoms with Gasteiger partial charge < -0.3 is 14.7 Å². The zero-order chi connectivity index (χ0) is 18.8.